The Morgan fingerprint density at radius 1 is 1.22 bits per heavy atom. The van der Waals surface area contributed by atoms with Gasteiger partial charge >= 0.3 is 0 Å². The van der Waals surface area contributed by atoms with Gasteiger partial charge in [-0.15, -0.1) is 0 Å². The first kappa shape index (κ1) is 16.1. The van der Waals surface area contributed by atoms with Crippen LogP contribution < -0.4 is 5.73 Å². The van der Waals surface area contributed by atoms with Gasteiger partial charge in [-0.2, -0.15) is 0 Å². The maximum Gasteiger partial charge on any atom is 0.217 e. The molecule has 1 atom stereocenters. The molecule has 0 fully saturated rings. The van der Waals surface area contributed by atoms with Crippen molar-refractivity contribution in [2.45, 2.75) is 47.8 Å². The fraction of sp³-hybridized carbons (Fsp3) is 0.316. The first-order chi connectivity index (χ1) is 11.1. The Bertz CT molecular complexity index is 716. The van der Waals surface area contributed by atoms with E-state index in [4.69, 9.17) is 5.73 Å². The predicted molar refractivity (Wildman–Crippen MR) is 91.1 cm³/mol. The summed E-state index contributed by atoms with van der Waals surface area (Å²) >= 11 is 1.58. The molecule has 1 aliphatic carbocycles. The Balaban J connectivity index is 1.77. The molecular weight excluding hydrogens is 309 g/mol. The summed E-state index contributed by atoms with van der Waals surface area (Å²) in [4.78, 5) is 13.1. The van der Waals surface area contributed by atoms with Crippen molar-refractivity contribution in [3.05, 3.63) is 59.4 Å². The first-order valence-electron chi connectivity index (χ1n) is 7.96. The summed E-state index contributed by atoms with van der Waals surface area (Å²) in [6, 6.07) is 13.1. The number of benzene rings is 2. The van der Waals surface area contributed by atoms with Crippen LogP contribution in [0.1, 0.15) is 42.7 Å². The Morgan fingerprint density at radius 3 is 2.83 bits per heavy atom. The van der Waals surface area contributed by atoms with Crippen LogP contribution in [0.15, 0.2) is 52.3 Å². The topological polar surface area (TPSA) is 43.1 Å². The lowest BCUT2D eigenvalue weighted by Gasteiger charge is -2.25. The molecular formula is C19H20FNOS. The van der Waals surface area contributed by atoms with E-state index in [1.807, 2.05) is 6.07 Å². The van der Waals surface area contributed by atoms with Crippen molar-refractivity contribution in [3.63, 3.8) is 0 Å². The van der Waals surface area contributed by atoms with Crippen molar-refractivity contribution in [2.75, 3.05) is 0 Å². The van der Waals surface area contributed by atoms with Crippen LogP contribution in [0.4, 0.5) is 4.39 Å². The highest BCUT2D eigenvalue weighted by Gasteiger charge is 2.21. The van der Waals surface area contributed by atoms with Gasteiger partial charge in [-0.1, -0.05) is 23.9 Å². The molecule has 0 aromatic heterocycles. The number of halogens is 1. The van der Waals surface area contributed by atoms with Gasteiger partial charge in [0.15, 0.2) is 0 Å². The molecule has 0 saturated carbocycles. The average molecular weight is 329 g/mol. The van der Waals surface area contributed by atoms with Crippen LogP contribution in [0.3, 0.4) is 0 Å². The zero-order valence-corrected chi connectivity index (χ0v) is 13.7. The van der Waals surface area contributed by atoms with Crippen molar-refractivity contribution >= 4 is 17.7 Å². The molecule has 0 bridgehead atoms. The van der Waals surface area contributed by atoms with E-state index in [1.54, 1.807) is 23.9 Å². The summed E-state index contributed by atoms with van der Waals surface area (Å²) in [5, 5.41) is 0. The first-order valence-corrected chi connectivity index (χ1v) is 8.78. The molecule has 1 aliphatic rings. The number of nitrogens with two attached hydrogens (primary N) is 1. The second kappa shape index (κ2) is 7.18. The molecule has 0 saturated heterocycles. The number of rotatable bonds is 5. The van der Waals surface area contributed by atoms with E-state index >= 15 is 0 Å². The van der Waals surface area contributed by atoms with E-state index in [1.165, 1.54) is 17.2 Å². The third-order valence-electron chi connectivity index (χ3n) is 4.32. The largest absolute Gasteiger partial charge is 0.370 e. The Labute approximate surface area is 140 Å². The SMILES string of the molecule is NC(=O)CC[C@@H]1CCCc2cc(Sc3cccc(F)c3)ccc21. The number of carbonyl (C=O) groups is 1. The van der Waals surface area contributed by atoms with Crippen molar-refractivity contribution in [2.24, 2.45) is 5.73 Å². The van der Waals surface area contributed by atoms with E-state index in [9.17, 15) is 9.18 Å². The van der Waals surface area contributed by atoms with Gasteiger partial charge in [0.25, 0.3) is 0 Å². The second-order valence-corrected chi connectivity index (χ2v) is 7.16. The Hall–Kier alpha value is -1.81. The van der Waals surface area contributed by atoms with Crippen LogP contribution in [0.5, 0.6) is 0 Å². The number of primary amides is 1. The molecule has 3 rings (SSSR count). The minimum Gasteiger partial charge on any atom is -0.370 e. The molecule has 2 nitrogen and oxygen atoms in total. The standard InChI is InChI=1S/C19H20FNOS/c20-15-5-2-6-16(12-15)23-17-8-9-18-13(7-10-19(21)22)3-1-4-14(18)11-17/h2,5-6,8-9,11-13H,1,3-4,7,10H2,(H2,21,22)/t13-/m0/s1. The number of carbonyl (C=O) groups excluding carboxylic acids is 1. The molecule has 23 heavy (non-hydrogen) atoms. The zero-order valence-electron chi connectivity index (χ0n) is 12.9. The third kappa shape index (κ3) is 4.14. The van der Waals surface area contributed by atoms with Crippen LogP contribution in [-0.2, 0) is 11.2 Å². The van der Waals surface area contributed by atoms with Gasteiger partial charge in [-0.3, -0.25) is 4.79 Å². The fourth-order valence-corrected chi connectivity index (χ4v) is 4.17. The molecule has 2 aromatic rings. The minimum atomic E-state index is -0.226. The Kier molecular flexibility index (Phi) is 5.01. The van der Waals surface area contributed by atoms with Crippen LogP contribution in [-0.4, -0.2) is 5.91 Å². The van der Waals surface area contributed by atoms with Crippen LogP contribution in [0.2, 0.25) is 0 Å². The molecule has 1 amide bonds. The number of amides is 1. The van der Waals surface area contributed by atoms with Gasteiger partial charge in [0.1, 0.15) is 5.82 Å². The molecule has 120 valence electrons. The quantitative estimate of drug-likeness (QED) is 0.867. The molecule has 2 N–H and O–H groups in total. The van der Waals surface area contributed by atoms with Crippen molar-refractivity contribution < 1.29 is 9.18 Å². The van der Waals surface area contributed by atoms with Gasteiger partial charge in [-0.25, -0.2) is 4.39 Å². The molecule has 4 heteroatoms. The van der Waals surface area contributed by atoms with Gasteiger partial charge < -0.3 is 5.73 Å². The lowest BCUT2D eigenvalue weighted by atomic mass is 9.80. The lowest BCUT2D eigenvalue weighted by Crippen LogP contribution is -2.15. The summed E-state index contributed by atoms with van der Waals surface area (Å²) < 4.78 is 13.3. The van der Waals surface area contributed by atoms with Crippen LogP contribution in [0, 0.1) is 5.82 Å². The maximum atomic E-state index is 13.3. The summed E-state index contributed by atoms with van der Waals surface area (Å²) in [7, 11) is 0. The van der Waals surface area contributed by atoms with Gasteiger partial charge in [-0.05, 0) is 73.1 Å². The smallest absolute Gasteiger partial charge is 0.217 e. The molecule has 0 heterocycles. The van der Waals surface area contributed by atoms with E-state index in [2.05, 4.69) is 18.2 Å². The molecule has 2 aromatic carbocycles. The second-order valence-electron chi connectivity index (χ2n) is 6.01. The van der Waals surface area contributed by atoms with E-state index in [0.29, 0.717) is 12.3 Å². The summed E-state index contributed by atoms with van der Waals surface area (Å²) in [5.41, 5.74) is 7.98. The van der Waals surface area contributed by atoms with Crippen LogP contribution in [0.25, 0.3) is 0 Å². The molecule has 0 spiro atoms. The highest BCUT2D eigenvalue weighted by atomic mass is 32.2. The highest BCUT2D eigenvalue weighted by molar-refractivity contribution is 7.99. The number of fused-ring (bicyclic) bond motifs is 1. The summed E-state index contributed by atoms with van der Waals surface area (Å²) in [5.74, 6) is -0.00523. The van der Waals surface area contributed by atoms with Crippen molar-refractivity contribution in [1.82, 2.24) is 0 Å². The fourth-order valence-electron chi connectivity index (χ4n) is 3.24. The average Bonchev–Trinajstić information content (AvgIpc) is 2.52. The van der Waals surface area contributed by atoms with Gasteiger partial charge in [0.2, 0.25) is 5.91 Å². The van der Waals surface area contributed by atoms with E-state index in [-0.39, 0.29) is 11.7 Å². The third-order valence-corrected chi connectivity index (χ3v) is 5.30. The molecule has 0 unspecified atom stereocenters. The number of hydrogen-bond donors (Lipinski definition) is 1. The number of hydrogen-bond acceptors (Lipinski definition) is 2. The molecule has 0 radical (unpaired) electrons. The zero-order chi connectivity index (χ0) is 16.2. The van der Waals surface area contributed by atoms with Gasteiger partial charge in [0, 0.05) is 16.2 Å². The summed E-state index contributed by atoms with van der Waals surface area (Å²) in [6.45, 7) is 0. The van der Waals surface area contributed by atoms with Crippen LogP contribution >= 0.6 is 11.8 Å². The summed E-state index contributed by atoms with van der Waals surface area (Å²) in [6.07, 6.45) is 4.61. The van der Waals surface area contributed by atoms with Gasteiger partial charge in [0.05, 0.1) is 0 Å². The van der Waals surface area contributed by atoms with E-state index in [0.717, 1.165) is 35.5 Å². The maximum absolute atomic E-state index is 13.3. The predicted octanol–water partition coefficient (Wildman–Crippen LogP) is 4.66. The normalized spacial score (nSPS) is 16.8. The van der Waals surface area contributed by atoms with Crippen molar-refractivity contribution in [1.29, 1.82) is 0 Å². The highest BCUT2D eigenvalue weighted by Crippen LogP contribution is 2.38. The number of aryl methyl sites for hydroxylation is 1. The molecule has 0 aliphatic heterocycles. The lowest BCUT2D eigenvalue weighted by molar-refractivity contribution is -0.118. The minimum absolute atomic E-state index is 0.209. The van der Waals surface area contributed by atoms with Crippen molar-refractivity contribution in [3.8, 4) is 0 Å². The Morgan fingerprint density at radius 2 is 2.04 bits per heavy atom. The monoisotopic (exact) mass is 329 g/mol. The van der Waals surface area contributed by atoms with E-state index < -0.39 is 0 Å².